The third kappa shape index (κ3) is 3.08. The van der Waals surface area contributed by atoms with Gasteiger partial charge < -0.3 is 4.90 Å². The number of aromatic nitrogens is 2. The minimum absolute atomic E-state index is 0.346. The van der Waals surface area contributed by atoms with Crippen molar-refractivity contribution >= 4 is 26.6 Å². The van der Waals surface area contributed by atoms with Crippen LogP contribution in [-0.4, -0.2) is 48.9 Å². The SMILES string of the molecule is O=S(=O)(c1ccc2ccccc2c1)N1CCN(c2cnccn2)CC1. The van der Waals surface area contributed by atoms with Gasteiger partial charge in [0, 0.05) is 38.6 Å². The van der Waals surface area contributed by atoms with E-state index in [1.165, 1.54) is 0 Å². The van der Waals surface area contributed by atoms with Gasteiger partial charge in [-0.05, 0) is 22.9 Å². The van der Waals surface area contributed by atoms with Crippen LogP contribution in [0.5, 0.6) is 0 Å². The number of piperazine rings is 1. The first kappa shape index (κ1) is 16.0. The van der Waals surface area contributed by atoms with Gasteiger partial charge in [-0.3, -0.25) is 4.98 Å². The maximum atomic E-state index is 13.0. The van der Waals surface area contributed by atoms with E-state index in [-0.39, 0.29) is 0 Å². The standard InChI is InChI=1S/C18H18N4O2S/c23-25(24,17-6-5-15-3-1-2-4-16(15)13-17)22-11-9-21(10-12-22)18-14-19-7-8-20-18/h1-8,13-14H,9-12H2. The molecule has 0 atom stereocenters. The number of rotatable bonds is 3. The summed E-state index contributed by atoms with van der Waals surface area (Å²) in [6.45, 7) is 2.08. The Bertz CT molecular complexity index is 984. The van der Waals surface area contributed by atoms with Gasteiger partial charge in [0.15, 0.2) is 0 Å². The smallest absolute Gasteiger partial charge is 0.243 e. The maximum absolute atomic E-state index is 13.0. The van der Waals surface area contributed by atoms with Crippen molar-refractivity contribution in [3.8, 4) is 0 Å². The maximum Gasteiger partial charge on any atom is 0.243 e. The molecule has 2 heterocycles. The molecule has 1 aliphatic heterocycles. The number of fused-ring (bicyclic) bond motifs is 1. The summed E-state index contributed by atoms with van der Waals surface area (Å²) in [6.07, 6.45) is 4.98. The lowest BCUT2D eigenvalue weighted by atomic mass is 10.1. The van der Waals surface area contributed by atoms with E-state index >= 15 is 0 Å². The monoisotopic (exact) mass is 354 g/mol. The zero-order chi connectivity index (χ0) is 17.3. The molecule has 2 aromatic carbocycles. The molecule has 0 aliphatic carbocycles. The molecule has 0 saturated carbocycles. The predicted molar refractivity (Wildman–Crippen MR) is 97.0 cm³/mol. The molecular weight excluding hydrogens is 336 g/mol. The highest BCUT2D eigenvalue weighted by Gasteiger charge is 2.29. The first-order chi connectivity index (χ1) is 12.1. The van der Waals surface area contributed by atoms with E-state index in [0.717, 1.165) is 16.6 Å². The lowest BCUT2D eigenvalue weighted by molar-refractivity contribution is 0.383. The molecule has 25 heavy (non-hydrogen) atoms. The highest BCUT2D eigenvalue weighted by atomic mass is 32.2. The van der Waals surface area contributed by atoms with Crippen molar-refractivity contribution in [3.05, 3.63) is 61.1 Å². The molecule has 0 bridgehead atoms. The molecule has 3 aromatic rings. The molecule has 7 heteroatoms. The fraction of sp³-hybridized carbons (Fsp3) is 0.222. The summed E-state index contributed by atoms with van der Waals surface area (Å²) in [6, 6.07) is 13.1. The Morgan fingerprint density at radius 2 is 1.64 bits per heavy atom. The first-order valence-electron chi connectivity index (χ1n) is 8.14. The summed E-state index contributed by atoms with van der Waals surface area (Å²) in [7, 11) is -3.49. The highest BCUT2D eigenvalue weighted by Crippen LogP contribution is 2.23. The van der Waals surface area contributed by atoms with E-state index in [1.807, 2.05) is 30.3 Å². The molecule has 4 rings (SSSR count). The number of hydrogen-bond acceptors (Lipinski definition) is 5. The number of hydrogen-bond donors (Lipinski definition) is 0. The second kappa shape index (κ2) is 6.42. The Labute approximate surface area is 146 Å². The summed E-state index contributed by atoms with van der Waals surface area (Å²) in [5, 5.41) is 1.97. The summed E-state index contributed by atoms with van der Waals surface area (Å²) in [4.78, 5) is 10.7. The first-order valence-corrected chi connectivity index (χ1v) is 9.58. The summed E-state index contributed by atoms with van der Waals surface area (Å²) < 4.78 is 27.5. The van der Waals surface area contributed by atoms with Crippen LogP contribution in [-0.2, 0) is 10.0 Å². The van der Waals surface area contributed by atoms with Crippen molar-refractivity contribution in [2.75, 3.05) is 31.1 Å². The molecule has 0 N–H and O–H groups in total. The van der Waals surface area contributed by atoms with Crippen LogP contribution in [0.15, 0.2) is 66.0 Å². The van der Waals surface area contributed by atoms with Crippen LogP contribution in [0.25, 0.3) is 10.8 Å². The van der Waals surface area contributed by atoms with E-state index in [4.69, 9.17) is 0 Å². The van der Waals surface area contributed by atoms with E-state index in [9.17, 15) is 8.42 Å². The Morgan fingerprint density at radius 3 is 2.36 bits per heavy atom. The predicted octanol–water partition coefficient (Wildman–Crippen LogP) is 2.14. The second-order valence-corrected chi connectivity index (χ2v) is 7.90. The summed E-state index contributed by atoms with van der Waals surface area (Å²) in [5.74, 6) is 0.783. The second-order valence-electron chi connectivity index (χ2n) is 5.96. The molecule has 1 aliphatic rings. The van der Waals surface area contributed by atoms with Crippen molar-refractivity contribution < 1.29 is 8.42 Å². The topological polar surface area (TPSA) is 66.4 Å². The lowest BCUT2D eigenvalue weighted by Crippen LogP contribution is -2.48. The third-order valence-corrected chi connectivity index (χ3v) is 6.37. The fourth-order valence-corrected chi connectivity index (χ4v) is 4.55. The zero-order valence-electron chi connectivity index (χ0n) is 13.6. The molecule has 0 radical (unpaired) electrons. The van der Waals surface area contributed by atoms with Crippen LogP contribution in [0, 0.1) is 0 Å². The van der Waals surface area contributed by atoms with Gasteiger partial charge in [-0.25, -0.2) is 13.4 Å². The van der Waals surface area contributed by atoms with Crippen molar-refractivity contribution in [3.63, 3.8) is 0 Å². The Balaban J connectivity index is 1.54. The lowest BCUT2D eigenvalue weighted by Gasteiger charge is -2.34. The minimum Gasteiger partial charge on any atom is -0.353 e. The van der Waals surface area contributed by atoms with Gasteiger partial charge in [-0.15, -0.1) is 0 Å². The quantitative estimate of drug-likeness (QED) is 0.721. The molecule has 0 spiro atoms. The average Bonchev–Trinajstić information content (AvgIpc) is 2.68. The fourth-order valence-electron chi connectivity index (χ4n) is 3.09. The van der Waals surface area contributed by atoms with Gasteiger partial charge >= 0.3 is 0 Å². The van der Waals surface area contributed by atoms with Crippen molar-refractivity contribution in [1.29, 1.82) is 0 Å². The van der Waals surface area contributed by atoms with Gasteiger partial charge in [0.25, 0.3) is 0 Å². The van der Waals surface area contributed by atoms with Crippen LogP contribution in [0.1, 0.15) is 0 Å². The minimum atomic E-state index is -3.49. The van der Waals surface area contributed by atoms with Gasteiger partial charge in [-0.1, -0.05) is 30.3 Å². The summed E-state index contributed by atoms with van der Waals surface area (Å²) >= 11 is 0. The molecule has 1 aromatic heterocycles. The molecule has 6 nitrogen and oxygen atoms in total. The van der Waals surface area contributed by atoms with Crippen molar-refractivity contribution in [2.24, 2.45) is 0 Å². The average molecular weight is 354 g/mol. The number of nitrogens with zero attached hydrogens (tertiary/aromatic N) is 4. The van der Waals surface area contributed by atoms with Crippen LogP contribution in [0.4, 0.5) is 5.82 Å². The van der Waals surface area contributed by atoms with E-state index in [0.29, 0.717) is 31.1 Å². The normalized spacial score (nSPS) is 16.2. The van der Waals surface area contributed by atoms with Crippen LogP contribution in [0.3, 0.4) is 0 Å². The van der Waals surface area contributed by atoms with E-state index in [1.54, 1.807) is 35.0 Å². The van der Waals surface area contributed by atoms with Crippen LogP contribution in [0.2, 0.25) is 0 Å². The third-order valence-electron chi connectivity index (χ3n) is 4.47. The van der Waals surface area contributed by atoms with Gasteiger partial charge in [0.1, 0.15) is 5.82 Å². The molecule has 1 fully saturated rings. The Hall–Kier alpha value is -2.51. The van der Waals surface area contributed by atoms with Gasteiger partial charge in [0.2, 0.25) is 10.0 Å². The van der Waals surface area contributed by atoms with Gasteiger partial charge in [-0.2, -0.15) is 4.31 Å². The number of anilines is 1. The Morgan fingerprint density at radius 1 is 0.880 bits per heavy atom. The molecule has 1 saturated heterocycles. The van der Waals surface area contributed by atoms with E-state index < -0.39 is 10.0 Å². The van der Waals surface area contributed by atoms with Crippen LogP contribution >= 0.6 is 0 Å². The number of benzene rings is 2. The Kier molecular flexibility index (Phi) is 4.10. The number of sulfonamides is 1. The molecule has 128 valence electrons. The zero-order valence-corrected chi connectivity index (χ0v) is 14.4. The molecule has 0 unspecified atom stereocenters. The largest absolute Gasteiger partial charge is 0.353 e. The molecule has 0 amide bonds. The summed E-state index contributed by atoms with van der Waals surface area (Å²) in [5.41, 5.74) is 0. The highest BCUT2D eigenvalue weighted by molar-refractivity contribution is 7.89. The van der Waals surface area contributed by atoms with E-state index in [2.05, 4.69) is 14.9 Å². The van der Waals surface area contributed by atoms with Crippen molar-refractivity contribution in [2.45, 2.75) is 4.90 Å². The van der Waals surface area contributed by atoms with Gasteiger partial charge in [0.05, 0.1) is 11.1 Å². The molecular formula is C18H18N4O2S. The van der Waals surface area contributed by atoms with Crippen LogP contribution < -0.4 is 4.90 Å². The van der Waals surface area contributed by atoms with Crippen molar-refractivity contribution in [1.82, 2.24) is 14.3 Å².